The molecule has 132 valence electrons. The minimum atomic E-state index is 0.283. The van der Waals surface area contributed by atoms with E-state index in [0.29, 0.717) is 27.9 Å². The molecule has 0 spiro atoms. The SMILES string of the molecule is COOc1ccc2c(OC)cc(-n3ccc(NC(C)C)n3)nc2c1Cl. The van der Waals surface area contributed by atoms with Gasteiger partial charge >= 0.3 is 0 Å². The van der Waals surface area contributed by atoms with Crippen LogP contribution in [-0.2, 0) is 4.89 Å². The average Bonchev–Trinajstić information content (AvgIpc) is 3.04. The molecule has 0 saturated carbocycles. The lowest BCUT2D eigenvalue weighted by Gasteiger charge is -2.11. The van der Waals surface area contributed by atoms with Gasteiger partial charge in [-0.25, -0.2) is 9.67 Å². The third-order valence-electron chi connectivity index (χ3n) is 3.49. The van der Waals surface area contributed by atoms with Gasteiger partial charge in [-0.15, -0.1) is 5.10 Å². The molecule has 1 N–H and O–H groups in total. The van der Waals surface area contributed by atoms with Crippen LogP contribution in [0.15, 0.2) is 30.5 Å². The highest BCUT2D eigenvalue weighted by Crippen LogP contribution is 2.36. The predicted molar refractivity (Wildman–Crippen MR) is 96.8 cm³/mol. The first-order valence-corrected chi connectivity index (χ1v) is 8.11. The van der Waals surface area contributed by atoms with Gasteiger partial charge in [0.05, 0.1) is 19.7 Å². The number of methoxy groups -OCH3 is 1. The van der Waals surface area contributed by atoms with E-state index in [1.165, 1.54) is 7.11 Å². The minimum absolute atomic E-state index is 0.283. The zero-order valence-corrected chi connectivity index (χ0v) is 15.2. The fraction of sp³-hybridized carbons (Fsp3) is 0.294. The summed E-state index contributed by atoms with van der Waals surface area (Å²) < 4.78 is 7.15. The second kappa shape index (κ2) is 7.16. The summed E-state index contributed by atoms with van der Waals surface area (Å²) in [6, 6.07) is 7.49. The van der Waals surface area contributed by atoms with Crippen LogP contribution in [0.4, 0.5) is 5.82 Å². The molecule has 0 saturated heterocycles. The van der Waals surface area contributed by atoms with E-state index in [9.17, 15) is 0 Å². The maximum absolute atomic E-state index is 6.42. The molecule has 0 aliphatic carbocycles. The molecule has 8 heteroatoms. The lowest BCUT2D eigenvalue weighted by atomic mass is 10.2. The summed E-state index contributed by atoms with van der Waals surface area (Å²) in [5.74, 6) is 2.36. The Balaban J connectivity index is 2.12. The van der Waals surface area contributed by atoms with E-state index < -0.39 is 0 Å². The summed E-state index contributed by atoms with van der Waals surface area (Å²) in [5, 5.41) is 8.83. The first-order valence-electron chi connectivity index (χ1n) is 7.74. The lowest BCUT2D eigenvalue weighted by Crippen LogP contribution is -2.10. The van der Waals surface area contributed by atoms with Crippen LogP contribution >= 0.6 is 11.6 Å². The number of aromatic nitrogens is 3. The molecular formula is C17H19ClN4O3. The van der Waals surface area contributed by atoms with Gasteiger partial charge in [0.2, 0.25) is 0 Å². The molecule has 0 aliphatic rings. The van der Waals surface area contributed by atoms with Gasteiger partial charge in [-0.2, -0.15) is 4.89 Å². The minimum Gasteiger partial charge on any atom is -0.496 e. The number of nitrogens with one attached hydrogen (secondary N) is 1. The normalized spacial score (nSPS) is 11.1. The number of hydrogen-bond donors (Lipinski definition) is 1. The third kappa shape index (κ3) is 3.47. The van der Waals surface area contributed by atoms with Crippen molar-refractivity contribution in [2.75, 3.05) is 19.5 Å². The molecule has 3 rings (SSSR count). The molecule has 2 heterocycles. The Morgan fingerprint density at radius 1 is 1.16 bits per heavy atom. The molecule has 0 fully saturated rings. The second-order valence-corrected chi connectivity index (χ2v) is 6.03. The van der Waals surface area contributed by atoms with E-state index >= 15 is 0 Å². The van der Waals surface area contributed by atoms with Crippen molar-refractivity contribution in [2.45, 2.75) is 19.9 Å². The Kier molecular flexibility index (Phi) is 4.96. The Morgan fingerprint density at radius 2 is 1.96 bits per heavy atom. The number of nitrogens with zero attached hydrogens (tertiary/aromatic N) is 3. The summed E-state index contributed by atoms with van der Waals surface area (Å²) in [4.78, 5) is 14.4. The van der Waals surface area contributed by atoms with Crippen LogP contribution in [0.3, 0.4) is 0 Å². The second-order valence-electron chi connectivity index (χ2n) is 5.65. The van der Waals surface area contributed by atoms with Crippen molar-refractivity contribution in [2.24, 2.45) is 0 Å². The van der Waals surface area contributed by atoms with Gasteiger partial charge in [0.15, 0.2) is 11.6 Å². The zero-order chi connectivity index (χ0) is 18.0. The lowest BCUT2D eigenvalue weighted by molar-refractivity contribution is -0.177. The third-order valence-corrected chi connectivity index (χ3v) is 3.85. The van der Waals surface area contributed by atoms with E-state index in [4.69, 9.17) is 26.1 Å². The number of benzene rings is 1. The van der Waals surface area contributed by atoms with Crippen LogP contribution in [0.1, 0.15) is 13.8 Å². The number of pyridine rings is 1. The molecule has 0 aliphatic heterocycles. The van der Waals surface area contributed by atoms with Gasteiger partial charge in [-0.1, -0.05) is 11.6 Å². The van der Waals surface area contributed by atoms with Crippen LogP contribution in [-0.4, -0.2) is 35.0 Å². The smallest absolute Gasteiger partial charge is 0.186 e. The Morgan fingerprint density at radius 3 is 2.64 bits per heavy atom. The predicted octanol–water partition coefficient (Wildman–Crippen LogP) is 3.84. The maximum atomic E-state index is 6.42. The first-order chi connectivity index (χ1) is 12.0. The summed E-state index contributed by atoms with van der Waals surface area (Å²) in [6.07, 6.45) is 1.82. The molecule has 1 aromatic carbocycles. The van der Waals surface area contributed by atoms with Crippen molar-refractivity contribution in [3.8, 4) is 17.3 Å². The van der Waals surface area contributed by atoms with Gasteiger partial charge < -0.3 is 14.9 Å². The van der Waals surface area contributed by atoms with Crippen LogP contribution < -0.4 is 14.9 Å². The van der Waals surface area contributed by atoms with Crippen molar-refractivity contribution in [3.63, 3.8) is 0 Å². The van der Waals surface area contributed by atoms with Crippen LogP contribution in [0.5, 0.6) is 11.5 Å². The highest BCUT2D eigenvalue weighted by molar-refractivity contribution is 6.36. The topological polar surface area (TPSA) is 70.4 Å². The van der Waals surface area contributed by atoms with Crippen molar-refractivity contribution >= 4 is 28.3 Å². The van der Waals surface area contributed by atoms with Gasteiger partial charge in [-0.05, 0) is 26.0 Å². The fourth-order valence-corrected chi connectivity index (χ4v) is 2.70. The van der Waals surface area contributed by atoms with Gasteiger partial charge in [0.25, 0.3) is 0 Å². The standard InChI is InChI=1S/C17H19ClN4O3/c1-10(2)19-14-7-8-22(21-14)15-9-13(23-3)11-5-6-12(25-24-4)16(18)17(11)20-15/h5-10H,1-4H3,(H,19,21). The molecule has 0 atom stereocenters. The van der Waals surface area contributed by atoms with Crippen LogP contribution in [0, 0.1) is 0 Å². The van der Waals surface area contributed by atoms with Gasteiger partial charge in [0.1, 0.15) is 16.6 Å². The van der Waals surface area contributed by atoms with Gasteiger partial charge in [-0.3, -0.25) is 0 Å². The first kappa shape index (κ1) is 17.3. The molecule has 0 radical (unpaired) electrons. The number of hydrogen-bond acceptors (Lipinski definition) is 6. The molecule has 3 aromatic rings. The molecule has 0 amide bonds. The van der Waals surface area contributed by atoms with E-state index in [1.54, 1.807) is 17.9 Å². The van der Waals surface area contributed by atoms with Crippen molar-refractivity contribution in [1.82, 2.24) is 14.8 Å². The molecule has 0 unspecified atom stereocenters. The van der Waals surface area contributed by atoms with E-state index in [0.717, 1.165) is 11.2 Å². The largest absolute Gasteiger partial charge is 0.496 e. The van der Waals surface area contributed by atoms with Crippen molar-refractivity contribution in [1.29, 1.82) is 0 Å². The Labute approximate surface area is 150 Å². The number of halogens is 1. The van der Waals surface area contributed by atoms with Crippen LogP contribution in [0.2, 0.25) is 5.02 Å². The molecule has 2 aromatic heterocycles. The summed E-state index contributed by atoms with van der Waals surface area (Å²) >= 11 is 6.42. The quantitative estimate of drug-likeness (QED) is 0.530. The molecule has 0 bridgehead atoms. The number of anilines is 1. The van der Waals surface area contributed by atoms with E-state index in [1.807, 2.05) is 38.2 Å². The zero-order valence-electron chi connectivity index (χ0n) is 14.4. The molecule has 7 nitrogen and oxygen atoms in total. The maximum Gasteiger partial charge on any atom is 0.186 e. The van der Waals surface area contributed by atoms with E-state index in [2.05, 4.69) is 15.4 Å². The summed E-state index contributed by atoms with van der Waals surface area (Å²) in [7, 11) is 3.01. The highest BCUT2D eigenvalue weighted by atomic mass is 35.5. The number of rotatable bonds is 6. The van der Waals surface area contributed by atoms with Crippen molar-refractivity contribution in [3.05, 3.63) is 35.5 Å². The molecular weight excluding hydrogens is 344 g/mol. The van der Waals surface area contributed by atoms with E-state index in [-0.39, 0.29) is 6.04 Å². The summed E-state index contributed by atoms with van der Waals surface area (Å²) in [6.45, 7) is 4.10. The Hall–Kier alpha value is -2.51. The highest BCUT2D eigenvalue weighted by Gasteiger charge is 2.15. The monoisotopic (exact) mass is 362 g/mol. The Bertz CT molecular complexity index is 895. The number of fused-ring (bicyclic) bond motifs is 1. The van der Waals surface area contributed by atoms with Crippen molar-refractivity contribution < 1.29 is 14.5 Å². The number of ether oxygens (including phenoxy) is 1. The fourth-order valence-electron chi connectivity index (χ4n) is 2.46. The van der Waals surface area contributed by atoms with Gasteiger partial charge in [0, 0.05) is 29.8 Å². The van der Waals surface area contributed by atoms with Crippen LogP contribution in [0.25, 0.3) is 16.7 Å². The summed E-state index contributed by atoms with van der Waals surface area (Å²) in [5.41, 5.74) is 0.541. The molecule has 25 heavy (non-hydrogen) atoms. The average molecular weight is 363 g/mol.